The summed E-state index contributed by atoms with van der Waals surface area (Å²) in [6, 6.07) is 11.5. The van der Waals surface area contributed by atoms with Gasteiger partial charge in [0.2, 0.25) is 10.0 Å². The van der Waals surface area contributed by atoms with Gasteiger partial charge in [-0.25, -0.2) is 17.6 Å². The summed E-state index contributed by atoms with van der Waals surface area (Å²) in [6.45, 7) is 1.25. The highest BCUT2D eigenvalue weighted by Crippen LogP contribution is 2.18. The number of morpholine rings is 1. The molecule has 0 unspecified atom stereocenters. The number of halogens is 1. The van der Waals surface area contributed by atoms with Crippen molar-refractivity contribution in [1.29, 1.82) is 0 Å². The van der Waals surface area contributed by atoms with Crippen LogP contribution in [0.5, 0.6) is 5.75 Å². The van der Waals surface area contributed by atoms with E-state index in [1.165, 1.54) is 40.7 Å². The van der Waals surface area contributed by atoms with E-state index in [2.05, 4.69) is 0 Å². The van der Waals surface area contributed by atoms with Crippen molar-refractivity contribution in [2.45, 2.75) is 4.90 Å². The van der Waals surface area contributed by atoms with Gasteiger partial charge in [0.1, 0.15) is 13.2 Å². The molecule has 2 aromatic rings. The van der Waals surface area contributed by atoms with Crippen molar-refractivity contribution < 1.29 is 31.8 Å². The van der Waals surface area contributed by atoms with E-state index < -0.39 is 21.8 Å². The lowest BCUT2D eigenvalue weighted by Crippen LogP contribution is -2.40. The molecule has 7 nitrogen and oxygen atoms in total. The first kappa shape index (κ1) is 20.2. The Labute approximate surface area is 162 Å². The average Bonchev–Trinajstić information content (AvgIpc) is 2.73. The monoisotopic (exact) mass is 409 g/mol. The summed E-state index contributed by atoms with van der Waals surface area (Å²) in [5.41, 5.74) is 0.215. The second-order valence-electron chi connectivity index (χ2n) is 5.96. The molecule has 1 aliphatic rings. The Balaban J connectivity index is 1.53. The van der Waals surface area contributed by atoms with Crippen LogP contribution >= 0.6 is 0 Å². The van der Waals surface area contributed by atoms with E-state index in [0.717, 1.165) is 0 Å². The van der Waals surface area contributed by atoms with E-state index in [9.17, 15) is 17.6 Å². The maximum absolute atomic E-state index is 13.4. The van der Waals surface area contributed by atoms with Gasteiger partial charge in [0.15, 0.2) is 11.6 Å². The molecular weight excluding hydrogens is 389 g/mol. The van der Waals surface area contributed by atoms with Crippen LogP contribution in [0.4, 0.5) is 4.39 Å². The first-order valence-electron chi connectivity index (χ1n) is 8.71. The van der Waals surface area contributed by atoms with Crippen LogP contribution < -0.4 is 4.74 Å². The number of hydrogen-bond donors (Lipinski definition) is 0. The Hall–Kier alpha value is -2.49. The summed E-state index contributed by atoms with van der Waals surface area (Å²) in [7, 11) is -3.61. The molecule has 2 aromatic carbocycles. The highest BCUT2D eigenvalue weighted by atomic mass is 32.2. The summed E-state index contributed by atoms with van der Waals surface area (Å²) in [5, 5.41) is 0. The van der Waals surface area contributed by atoms with Gasteiger partial charge in [0, 0.05) is 13.1 Å². The molecule has 1 heterocycles. The van der Waals surface area contributed by atoms with E-state index in [4.69, 9.17) is 14.2 Å². The predicted molar refractivity (Wildman–Crippen MR) is 98.2 cm³/mol. The van der Waals surface area contributed by atoms with Crippen LogP contribution in [0.15, 0.2) is 53.4 Å². The lowest BCUT2D eigenvalue weighted by atomic mass is 10.2. The first-order chi connectivity index (χ1) is 13.5. The molecule has 0 aromatic heterocycles. The Morgan fingerprint density at radius 1 is 1.04 bits per heavy atom. The molecular formula is C19H20FNO6S. The fourth-order valence-corrected chi connectivity index (χ4v) is 4.04. The summed E-state index contributed by atoms with van der Waals surface area (Å²) in [5.74, 6) is -1.03. The number of sulfonamides is 1. The molecule has 1 saturated heterocycles. The number of para-hydroxylation sites is 1. The number of hydrogen-bond acceptors (Lipinski definition) is 6. The zero-order chi connectivity index (χ0) is 20.0. The summed E-state index contributed by atoms with van der Waals surface area (Å²) >= 11 is 0. The van der Waals surface area contributed by atoms with Gasteiger partial charge in [-0.05, 0) is 36.4 Å². The van der Waals surface area contributed by atoms with Crippen LogP contribution in [-0.2, 0) is 19.5 Å². The highest BCUT2D eigenvalue weighted by molar-refractivity contribution is 7.89. The topological polar surface area (TPSA) is 82.1 Å². The number of benzene rings is 2. The molecule has 0 spiro atoms. The predicted octanol–water partition coefficient (Wildman–Crippen LogP) is 2.08. The third-order valence-electron chi connectivity index (χ3n) is 4.11. The smallest absolute Gasteiger partial charge is 0.338 e. The number of carbonyl (C=O) groups is 1. The van der Waals surface area contributed by atoms with Crippen molar-refractivity contribution >= 4 is 16.0 Å². The van der Waals surface area contributed by atoms with Gasteiger partial charge >= 0.3 is 5.97 Å². The van der Waals surface area contributed by atoms with Gasteiger partial charge in [0.25, 0.3) is 0 Å². The Morgan fingerprint density at radius 3 is 2.39 bits per heavy atom. The van der Waals surface area contributed by atoms with E-state index in [1.54, 1.807) is 12.1 Å². The summed E-state index contributed by atoms with van der Waals surface area (Å²) < 4.78 is 55.3. The van der Waals surface area contributed by atoms with E-state index in [-0.39, 0.29) is 29.4 Å². The fraction of sp³-hybridized carbons (Fsp3) is 0.316. The minimum absolute atomic E-state index is 0.00380. The van der Waals surface area contributed by atoms with Gasteiger partial charge in [-0.3, -0.25) is 0 Å². The van der Waals surface area contributed by atoms with Gasteiger partial charge in [-0.1, -0.05) is 12.1 Å². The maximum Gasteiger partial charge on any atom is 0.338 e. The third-order valence-corrected chi connectivity index (χ3v) is 6.02. The van der Waals surface area contributed by atoms with Crippen molar-refractivity contribution in [3.8, 4) is 5.75 Å². The van der Waals surface area contributed by atoms with Crippen molar-refractivity contribution in [3.63, 3.8) is 0 Å². The number of nitrogens with zero attached hydrogens (tertiary/aromatic N) is 1. The molecule has 0 saturated carbocycles. The van der Waals surface area contributed by atoms with E-state index in [0.29, 0.717) is 26.3 Å². The Bertz CT molecular complexity index is 910. The average molecular weight is 409 g/mol. The zero-order valence-electron chi connectivity index (χ0n) is 15.0. The fourth-order valence-electron chi connectivity index (χ4n) is 2.63. The molecule has 0 bridgehead atoms. The third kappa shape index (κ3) is 4.86. The molecule has 0 aliphatic carbocycles. The number of carbonyl (C=O) groups excluding carboxylic acids is 1. The molecule has 1 fully saturated rings. The van der Waals surface area contributed by atoms with Gasteiger partial charge < -0.3 is 14.2 Å². The Morgan fingerprint density at radius 2 is 1.71 bits per heavy atom. The van der Waals surface area contributed by atoms with Crippen LogP contribution in [0.2, 0.25) is 0 Å². The SMILES string of the molecule is O=C(OCCOc1ccccc1F)c1ccc(S(=O)(=O)N2CCOCC2)cc1. The lowest BCUT2D eigenvalue weighted by molar-refractivity contribution is 0.0448. The molecule has 9 heteroatoms. The van der Waals surface area contributed by atoms with E-state index in [1.807, 2.05) is 0 Å². The molecule has 0 amide bonds. The largest absolute Gasteiger partial charge is 0.487 e. The molecule has 3 rings (SSSR count). The lowest BCUT2D eigenvalue weighted by Gasteiger charge is -2.26. The van der Waals surface area contributed by atoms with Gasteiger partial charge in [-0.15, -0.1) is 0 Å². The second kappa shape index (κ2) is 9.13. The van der Waals surface area contributed by atoms with Crippen molar-refractivity contribution in [1.82, 2.24) is 4.31 Å². The molecule has 28 heavy (non-hydrogen) atoms. The molecule has 150 valence electrons. The van der Waals surface area contributed by atoms with Crippen LogP contribution in [0.3, 0.4) is 0 Å². The van der Waals surface area contributed by atoms with Crippen molar-refractivity contribution in [3.05, 3.63) is 59.9 Å². The maximum atomic E-state index is 13.4. The van der Waals surface area contributed by atoms with Gasteiger partial charge in [0.05, 0.1) is 23.7 Å². The number of rotatable bonds is 7. The first-order valence-corrected chi connectivity index (χ1v) is 10.1. The standard InChI is InChI=1S/C19H20FNO6S/c20-17-3-1-2-4-18(17)26-13-14-27-19(22)15-5-7-16(8-6-15)28(23,24)21-9-11-25-12-10-21/h1-8H,9-14H2. The molecule has 0 radical (unpaired) electrons. The molecule has 0 N–H and O–H groups in total. The van der Waals surface area contributed by atoms with E-state index >= 15 is 0 Å². The number of esters is 1. The summed E-state index contributed by atoms with van der Waals surface area (Å²) in [4.78, 5) is 12.2. The second-order valence-corrected chi connectivity index (χ2v) is 7.89. The molecule has 1 aliphatic heterocycles. The zero-order valence-corrected chi connectivity index (χ0v) is 15.9. The molecule has 0 atom stereocenters. The summed E-state index contributed by atoms with van der Waals surface area (Å²) in [6.07, 6.45) is 0. The van der Waals surface area contributed by atoms with Crippen molar-refractivity contribution in [2.24, 2.45) is 0 Å². The van der Waals surface area contributed by atoms with Gasteiger partial charge in [-0.2, -0.15) is 4.31 Å². The Kier molecular flexibility index (Phi) is 6.61. The van der Waals surface area contributed by atoms with Crippen LogP contribution in [-0.4, -0.2) is 58.2 Å². The van der Waals surface area contributed by atoms with Crippen LogP contribution in [0.1, 0.15) is 10.4 Å². The quantitative estimate of drug-likeness (QED) is 0.514. The minimum atomic E-state index is -3.61. The normalized spacial score (nSPS) is 15.2. The van der Waals surface area contributed by atoms with Crippen LogP contribution in [0.25, 0.3) is 0 Å². The van der Waals surface area contributed by atoms with Crippen molar-refractivity contribution in [2.75, 3.05) is 39.5 Å². The highest BCUT2D eigenvalue weighted by Gasteiger charge is 2.26. The minimum Gasteiger partial charge on any atom is -0.487 e. The number of ether oxygens (including phenoxy) is 3. The van der Waals surface area contributed by atoms with Crippen LogP contribution in [0, 0.1) is 5.82 Å².